The van der Waals surface area contributed by atoms with Crippen LogP contribution in [0, 0.1) is 5.82 Å². The normalized spacial score (nSPS) is 12.1. The zero-order chi connectivity index (χ0) is 25.8. The molecule has 0 aliphatic rings. The molecule has 0 heterocycles. The van der Waals surface area contributed by atoms with Gasteiger partial charge in [-0.25, -0.2) is 10.2 Å². The third kappa shape index (κ3) is 8.10. The zero-order valence-corrected chi connectivity index (χ0v) is 22.4. The van der Waals surface area contributed by atoms with Crippen molar-refractivity contribution < 1.29 is 87.0 Å². The van der Waals surface area contributed by atoms with Gasteiger partial charge in [0.2, 0.25) is 0 Å². The number of para-hydroxylation sites is 1. The zero-order valence-electron chi connectivity index (χ0n) is 18.5. The maximum Gasteiger partial charge on any atom is 1.00 e. The van der Waals surface area contributed by atoms with Gasteiger partial charge in [-0.3, -0.25) is 5.01 Å². The maximum absolute atomic E-state index is 14.1. The third-order valence-electron chi connectivity index (χ3n) is 4.58. The summed E-state index contributed by atoms with van der Waals surface area (Å²) >= 11 is 6.11. The molecule has 0 radical (unpaired) electrons. The summed E-state index contributed by atoms with van der Waals surface area (Å²) in [5.74, 6) is 3.69. The van der Waals surface area contributed by atoms with Crippen molar-refractivity contribution in [3.8, 4) is 5.75 Å². The van der Waals surface area contributed by atoms with Crippen LogP contribution in [0.15, 0.2) is 72.8 Å². The molecule has 0 fully saturated rings. The fourth-order valence-corrected chi connectivity index (χ4v) is 3.17. The standard InChI is InChI=1S/C23H16ClF7N3O.K/c24-17-5-1-2-6-19(17)34(32)18(12-13-22(26,27)28)14-8-10-15(11-9-14)33-35-20-7-3-4-16(21(20)25)23(29,30)31;/h1-12H,13,32H2;/q-1;+1/b18-12-;. The molecule has 0 atom stereocenters. The maximum atomic E-state index is 14.1. The van der Waals surface area contributed by atoms with E-state index in [2.05, 4.69) is 5.48 Å². The summed E-state index contributed by atoms with van der Waals surface area (Å²) < 4.78 is 91.2. The molecule has 3 aromatic rings. The number of allylic oxidation sites excluding steroid dienone is 1. The Morgan fingerprint density at radius 3 is 2.17 bits per heavy atom. The summed E-state index contributed by atoms with van der Waals surface area (Å²) in [7, 11) is 0. The summed E-state index contributed by atoms with van der Waals surface area (Å²) in [5.41, 5.74) is 2.62. The van der Waals surface area contributed by atoms with Crippen LogP contribution in [0.4, 0.5) is 42.1 Å². The predicted octanol–water partition coefficient (Wildman–Crippen LogP) is 5.17. The molecule has 0 aliphatic heterocycles. The molecule has 3 rings (SSSR count). The number of nitrogens with two attached hydrogens (primary N) is 1. The molecular formula is C23H16ClF7KN3O. The molecule has 3 aromatic carbocycles. The smallest absolute Gasteiger partial charge is 0.555 e. The molecule has 36 heavy (non-hydrogen) atoms. The van der Waals surface area contributed by atoms with Crippen LogP contribution in [0.3, 0.4) is 0 Å². The Hall–Kier alpha value is -1.80. The first-order valence-corrected chi connectivity index (χ1v) is 10.1. The second kappa shape index (κ2) is 12.6. The minimum atomic E-state index is -4.92. The molecule has 0 bridgehead atoms. The van der Waals surface area contributed by atoms with E-state index in [0.717, 1.165) is 23.2 Å². The molecule has 0 spiro atoms. The van der Waals surface area contributed by atoms with E-state index in [4.69, 9.17) is 22.3 Å². The Kier molecular flexibility index (Phi) is 10.7. The van der Waals surface area contributed by atoms with E-state index < -0.39 is 35.9 Å². The molecular weight excluding hydrogens is 542 g/mol. The van der Waals surface area contributed by atoms with Gasteiger partial charge in [0, 0.05) is 0 Å². The largest absolute Gasteiger partial charge is 1.00 e. The first kappa shape index (κ1) is 30.4. The van der Waals surface area contributed by atoms with Crippen molar-refractivity contribution >= 4 is 28.7 Å². The number of hydrogen-bond donors (Lipinski definition) is 1. The van der Waals surface area contributed by atoms with Gasteiger partial charge in [0.05, 0.1) is 28.4 Å². The van der Waals surface area contributed by atoms with E-state index in [9.17, 15) is 30.7 Å². The van der Waals surface area contributed by atoms with Crippen molar-refractivity contribution in [2.75, 3.05) is 5.01 Å². The molecule has 0 saturated heterocycles. The SMILES string of the molecule is NN(/C(=C\CC(F)(F)F)c1ccc([N-]Oc2cccc(C(F)(F)F)c2F)cc1)c1ccccc1Cl.[K+]. The Bertz CT molecular complexity index is 1200. The van der Waals surface area contributed by atoms with E-state index >= 15 is 0 Å². The van der Waals surface area contributed by atoms with Crippen molar-refractivity contribution in [3.05, 3.63) is 100 Å². The van der Waals surface area contributed by atoms with Crippen LogP contribution in [0.5, 0.6) is 5.75 Å². The minimum absolute atomic E-state index is 0. The molecule has 0 saturated carbocycles. The van der Waals surface area contributed by atoms with Gasteiger partial charge in [0.25, 0.3) is 0 Å². The van der Waals surface area contributed by atoms with Crippen LogP contribution < -0.4 is 67.1 Å². The average molecular weight is 558 g/mol. The Labute approximate surface area is 249 Å². The van der Waals surface area contributed by atoms with Crippen LogP contribution in [-0.4, -0.2) is 6.18 Å². The number of alkyl halides is 6. The van der Waals surface area contributed by atoms with Gasteiger partial charge in [0.15, 0.2) is 5.82 Å². The predicted molar refractivity (Wildman–Crippen MR) is 118 cm³/mol. The van der Waals surface area contributed by atoms with Crippen LogP contribution in [0.25, 0.3) is 11.2 Å². The Balaban J connectivity index is 0.00000456. The van der Waals surface area contributed by atoms with Crippen molar-refractivity contribution in [3.63, 3.8) is 0 Å². The van der Waals surface area contributed by atoms with E-state index in [1.807, 2.05) is 0 Å². The summed E-state index contributed by atoms with van der Waals surface area (Å²) in [6.07, 6.45) is -9.81. The van der Waals surface area contributed by atoms with Crippen molar-refractivity contribution in [1.29, 1.82) is 0 Å². The van der Waals surface area contributed by atoms with Crippen molar-refractivity contribution in [2.24, 2.45) is 5.84 Å². The average Bonchev–Trinajstić information content (AvgIpc) is 2.78. The molecule has 13 heteroatoms. The minimum Gasteiger partial charge on any atom is -0.555 e. The second-order valence-electron chi connectivity index (χ2n) is 7.07. The molecule has 4 nitrogen and oxygen atoms in total. The number of benzene rings is 3. The number of halogens is 8. The van der Waals surface area contributed by atoms with E-state index in [1.54, 1.807) is 12.1 Å². The monoisotopic (exact) mass is 557 g/mol. The summed E-state index contributed by atoms with van der Waals surface area (Å²) in [5, 5.41) is 1.20. The molecule has 0 amide bonds. The fourth-order valence-electron chi connectivity index (χ4n) is 2.94. The molecule has 0 unspecified atom stereocenters. The second-order valence-corrected chi connectivity index (χ2v) is 7.48. The molecule has 186 valence electrons. The van der Waals surface area contributed by atoms with Crippen molar-refractivity contribution in [2.45, 2.75) is 18.8 Å². The third-order valence-corrected chi connectivity index (χ3v) is 4.90. The van der Waals surface area contributed by atoms with Crippen LogP contribution in [0.2, 0.25) is 5.02 Å². The van der Waals surface area contributed by atoms with E-state index in [1.165, 1.54) is 36.4 Å². The number of rotatable bonds is 7. The van der Waals surface area contributed by atoms with Crippen LogP contribution in [0.1, 0.15) is 17.5 Å². The van der Waals surface area contributed by atoms with Gasteiger partial charge in [0.1, 0.15) is 5.75 Å². The topological polar surface area (TPSA) is 52.6 Å². The number of hydrogen-bond acceptors (Lipinski definition) is 3. The number of hydrazine groups is 1. The molecule has 0 aromatic heterocycles. The summed E-state index contributed by atoms with van der Waals surface area (Å²) in [6, 6.07) is 14.1. The van der Waals surface area contributed by atoms with E-state index in [0.29, 0.717) is 6.07 Å². The Morgan fingerprint density at radius 2 is 1.58 bits per heavy atom. The van der Waals surface area contributed by atoms with Gasteiger partial charge in [-0.1, -0.05) is 54.1 Å². The van der Waals surface area contributed by atoms with Crippen LogP contribution >= 0.6 is 11.6 Å². The number of anilines is 1. The van der Waals surface area contributed by atoms with Gasteiger partial charge in [-0.15, -0.1) is 5.69 Å². The van der Waals surface area contributed by atoms with E-state index in [-0.39, 0.29) is 79.0 Å². The van der Waals surface area contributed by atoms with Gasteiger partial charge in [-0.05, 0) is 35.9 Å². The first-order chi connectivity index (χ1) is 16.4. The quantitative estimate of drug-likeness (QED) is 0.189. The first-order valence-electron chi connectivity index (χ1n) is 9.77. The fraction of sp³-hybridized carbons (Fsp3) is 0.130. The molecule has 2 N–H and O–H groups in total. The summed E-state index contributed by atoms with van der Waals surface area (Å²) in [4.78, 5) is 4.82. The van der Waals surface area contributed by atoms with Crippen LogP contribution in [-0.2, 0) is 6.18 Å². The van der Waals surface area contributed by atoms with Crippen molar-refractivity contribution in [1.82, 2.24) is 0 Å². The van der Waals surface area contributed by atoms with Gasteiger partial charge in [-0.2, -0.15) is 26.3 Å². The summed E-state index contributed by atoms with van der Waals surface area (Å²) in [6.45, 7) is 0. The number of nitrogens with zero attached hydrogens (tertiary/aromatic N) is 2. The van der Waals surface area contributed by atoms with Gasteiger partial charge >= 0.3 is 63.7 Å². The Morgan fingerprint density at radius 1 is 0.944 bits per heavy atom. The van der Waals surface area contributed by atoms with Gasteiger partial charge < -0.3 is 10.3 Å². The molecule has 0 aliphatic carbocycles.